The minimum Gasteiger partial charge on any atom is -0.394 e. The molecule has 0 aliphatic carbocycles. The third-order valence-corrected chi connectivity index (χ3v) is 12.7. The molecule has 4 heterocycles. The van der Waals surface area contributed by atoms with Crippen molar-refractivity contribution in [1.82, 2.24) is 19.6 Å². The molecule has 4 aliphatic heterocycles. The number of benzene rings is 2. The predicted octanol–water partition coefficient (Wildman–Crippen LogP) is 3.76. The second kappa shape index (κ2) is 14.6. The first-order valence-corrected chi connectivity index (χ1v) is 17.9. The van der Waals surface area contributed by atoms with Gasteiger partial charge in [0.1, 0.15) is 6.04 Å². The molecule has 48 heavy (non-hydrogen) atoms. The molecular weight excluding hydrogens is 625 g/mol. The van der Waals surface area contributed by atoms with Gasteiger partial charge in [-0.15, -0.1) is 24.9 Å². The van der Waals surface area contributed by atoms with Crippen molar-refractivity contribution in [2.24, 2.45) is 11.8 Å². The quantitative estimate of drug-likeness (QED) is 0.306. The SMILES string of the molecule is C=CCN(CCN1CCOCC1)C(=O)C1N([C@H](CO)c2ccccc2)C(=O)[C@@H]2[C@@H](C(=O)N(CC=C)Cc3ccccc3)[C@@]3(C)CCC12S3. The number of morpholine rings is 1. The van der Waals surface area contributed by atoms with Crippen molar-refractivity contribution in [3.05, 3.63) is 97.1 Å². The number of aliphatic hydroxyl groups is 1. The lowest BCUT2D eigenvalue weighted by Gasteiger charge is -2.40. The van der Waals surface area contributed by atoms with Crippen LogP contribution >= 0.6 is 11.8 Å². The normalized spacial score (nSPS) is 28.6. The summed E-state index contributed by atoms with van der Waals surface area (Å²) in [7, 11) is 0. The van der Waals surface area contributed by atoms with Crippen molar-refractivity contribution in [1.29, 1.82) is 0 Å². The number of nitrogens with zero attached hydrogens (tertiary/aromatic N) is 4. The summed E-state index contributed by atoms with van der Waals surface area (Å²) < 4.78 is 4.20. The molecular formula is C38H48N4O5S. The second-order valence-corrected chi connectivity index (χ2v) is 15.5. The van der Waals surface area contributed by atoms with Gasteiger partial charge in [0.2, 0.25) is 17.7 Å². The highest BCUT2D eigenvalue weighted by atomic mass is 32.2. The summed E-state index contributed by atoms with van der Waals surface area (Å²) >= 11 is 1.66. The van der Waals surface area contributed by atoms with Crippen molar-refractivity contribution in [3.8, 4) is 0 Å². The zero-order chi connectivity index (χ0) is 33.9. The molecule has 4 fully saturated rings. The number of rotatable bonds is 14. The van der Waals surface area contributed by atoms with Crippen LogP contribution in [0.25, 0.3) is 0 Å². The third-order valence-electron chi connectivity index (χ3n) is 10.7. The Labute approximate surface area is 288 Å². The fourth-order valence-corrected chi connectivity index (χ4v) is 10.8. The van der Waals surface area contributed by atoms with E-state index in [0.717, 1.165) is 24.2 Å². The number of likely N-dealkylation sites (tertiary alicyclic amines) is 1. The van der Waals surface area contributed by atoms with Gasteiger partial charge in [-0.3, -0.25) is 19.3 Å². The monoisotopic (exact) mass is 672 g/mol. The molecule has 9 nitrogen and oxygen atoms in total. The number of fused-ring (bicyclic) bond motifs is 1. The lowest BCUT2D eigenvalue weighted by molar-refractivity contribution is -0.148. The summed E-state index contributed by atoms with van der Waals surface area (Å²) in [6.07, 6.45) is 4.82. The van der Waals surface area contributed by atoms with E-state index in [1.165, 1.54) is 0 Å². The van der Waals surface area contributed by atoms with Crippen LogP contribution < -0.4 is 0 Å². The highest BCUT2D eigenvalue weighted by molar-refractivity contribution is 8.02. The van der Waals surface area contributed by atoms with E-state index in [9.17, 15) is 9.90 Å². The molecule has 0 radical (unpaired) electrons. The number of amides is 3. The zero-order valence-corrected chi connectivity index (χ0v) is 28.7. The van der Waals surface area contributed by atoms with Gasteiger partial charge >= 0.3 is 0 Å². The van der Waals surface area contributed by atoms with Gasteiger partial charge in [-0.2, -0.15) is 0 Å². The van der Waals surface area contributed by atoms with Gasteiger partial charge in [-0.05, 0) is 30.9 Å². The van der Waals surface area contributed by atoms with E-state index < -0.39 is 33.4 Å². The van der Waals surface area contributed by atoms with E-state index in [4.69, 9.17) is 4.74 Å². The molecule has 10 heteroatoms. The molecule has 2 aromatic rings. The van der Waals surface area contributed by atoms with Crippen molar-refractivity contribution < 1.29 is 24.2 Å². The minimum atomic E-state index is -0.844. The lowest BCUT2D eigenvalue weighted by Crippen LogP contribution is -2.56. The molecule has 2 bridgehead atoms. The molecule has 0 aromatic heterocycles. The Hall–Kier alpha value is -3.44. The fraction of sp³-hybridized carbons (Fsp3) is 0.500. The van der Waals surface area contributed by atoms with Gasteiger partial charge in [0.15, 0.2) is 0 Å². The first-order valence-electron chi connectivity index (χ1n) is 17.1. The minimum absolute atomic E-state index is 0.0859. The number of aliphatic hydroxyl groups excluding tert-OH is 1. The molecule has 3 amide bonds. The highest BCUT2D eigenvalue weighted by Gasteiger charge is 2.78. The molecule has 2 unspecified atom stereocenters. The smallest absolute Gasteiger partial charge is 0.247 e. The van der Waals surface area contributed by atoms with Crippen LogP contribution in [0.5, 0.6) is 0 Å². The zero-order valence-electron chi connectivity index (χ0n) is 27.9. The molecule has 1 spiro atoms. The van der Waals surface area contributed by atoms with E-state index in [-0.39, 0.29) is 24.3 Å². The first kappa shape index (κ1) is 34.4. The molecule has 4 aliphatic rings. The van der Waals surface area contributed by atoms with E-state index in [2.05, 4.69) is 25.0 Å². The van der Waals surface area contributed by atoms with Gasteiger partial charge in [-0.25, -0.2) is 0 Å². The Bertz CT molecular complexity index is 1490. The van der Waals surface area contributed by atoms with Crippen LogP contribution in [-0.4, -0.2) is 117 Å². The van der Waals surface area contributed by atoms with Crippen molar-refractivity contribution in [2.45, 2.75) is 47.9 Å². The van der Waals surface area contributed by atoms with Crippen molar-refractivity contribution in [3.63, 3.8) is 0 Å². The Morgan fingerprint density at radius 3 is 2.29 bits per heavy atom. The summed E-state index contributed by atoms with van der Waals surface area (Å²) in [6, 6.07) is 17.7. The topological polar surface area (TPSA) is 93.6 Å². The molecule has 6 atom stereocenters. The highest BCUT2D eigenvalue weighted by Crippen LogP contribution is 2.72. The maximum atomic E-state index is 15.0. The van der Waals surface area contributed by atoms with E-state index in [0.29, 0.717) is 58.8 Å². The lowest BCUT2D eigenvalue weighted by atomic mass is 9.66. The van der Waals surface area contributed by atoms with Crippen LogP contribution in [0.1, 0.15) is 36.9 Å². The summed E-state index contributed by atoms with van der Waals surface area (Å²) in [5, 5.41) is 10.9. The molecule has 1 N–H and O–H groups in total. The number of hydrogen-bond acceptors (Lipinski definition) is 7. The summed E-state index contributed by atoms with van der Waals surface area (Å²) in [4.78, 5) is 52.4. The van der Waals surface area contributed by atoms with Crippen LogP contribution in [0.4, 0.5) is 0 Å². The standard InChI is InChI=1S/C38H48N4O5S/c1-4-18-40(21-20-39-22-24-47-25-23-39)36(46)33-38-17-16-37(3,48-38)31(34(44)41(19-5-2)26-28-12-8-6-9-13-28)32(38)35(45)42(33)30(27-43)29-14-10-7-11-15-29/h4-15,30-33,43H,1-2,16-27H2,3H3/t30-,31+,32+,33?,37-,38?/m1/s1. The number of hydrogen-bond donors (Lipinski definition) is 1. The molecule has 256 valence electrons. The van der Waals surface area contributed by atoms with Crippen LogP contribution in [0, 0.1) is 11.8 Å². The number of ether oxygens (including phenoxy) is 1. The van der Waals surface area contributed by atoms with E-state index >= 15 is 9.59 Å². The van der Waals surface area contributed by atoms with Crippen molar-refractivity contribution >= 4 is 29.5 Å². The molecule has 6 rings (SSSR count). The van der Waals surface area contributed by atoms with Gasteiger partial charge in [0.05, 0.1) is 42.4 Å². The van der Waals surface area contributed by atoms with Crippen LogP contribution in [-0.2, 0) is 25.7 Å². The largest absolute Gasteiger partial charge is 0.394 e. The van der Waals surface area contributed by atoms with Crippen LogP contribution in [0.3, 0.4) is 0 Å². The van der Waals surface area contributed by atoms with E-state index in [1.54, 1.807) is 33.7 Å². The second-order valence-electron chi connectivity index (χ2n) is 13.6. The average molecular weight is 673 g/mol. The van der Waals surface area contributed by atoms with Gasteiger partial charge in [0, 0.05) is 50.6 Å². The number of carbonyl (C=O) groups excluding carboxylic acids is 3. The third kappa shape index (κ3) is 6.24. The number of thioether (sulfide) groups is 1. The van der Waals surface area contributed by atoms with Crippen molar-refractivity contribution in [2.75, 3.05) is 59.1 Å². The first-order chi connectivity index (χ1) is 23.3. The average Bonchev–Trinajstić information content (AvgIpc) is 3.68. The van der Waals surface area contributed by atoms with E-state index in [1.807, 2.05) is 65.6 Å². The Balaban J connectivity index is 1.39. The maximum Gasteiger partial charge on any atom is 0.247 e. The molecule has 4 saturated heterocycles. The Kier molecular flexibility index (Phi) is 10.5. The fourth-order valence-electron chi connectivity index (χ4n) is 8.48. The van der Waals surface area contributed by atoms with Gasteiger partial charge < -0.3 is 24.5 Å². The molecule has 2 aromatic carbocycles. The van der Waals surface area contributed by atoms with Crippen LogP contribution in [0.15, 0.2) is 86.0 Å². The van der Waals surface area contributed by atoms with Crippen LogP contribution in [0.2, 0.25) is 0 Å². The Morgan fingerprint density at radius 1 is 1.00 bits per heavy atom. The Morgan fingerprint density at radius 2 is 1.65 bits per heavy atom. The van der Waals surface area contributed by atoms with Gasteiger partial charge in [-0.1, -0.05) is 72.8 Å². The number of carbonyl (C=O) groups is 3. The summed E-state index contributed by atoms with van der Waals surface area (Å²) in [6.45, 7) is 14.8. The summed E-state index contributed by atoms with van der Waals surface area (Å²) in [5.41, 5.74) is 1.76. The predicted molar refractivity (Wildman–Crippen MR) is 188 cm³/mol. The molecule has 0 saturated carbocycles. The summed E-state index contributed by atoms with van der Waals surface area (Å²) in [5.74, 6) is -1.78. The maximum absolute atomic E-state index is 15.0. The van der Waals surface area contributed by atoms with Gasteiger partial charge in [0.25, 0.3) is 0 Å².